The standard InChI is InChI=1S/C20H28N4O5S/c1-4-11-29-18(27)10-9-16(25)22-20(30)24-23-19(28)14-5-7-15(8-6-14)21-17(26)12-13(2)3/h5-8,13H,4,9-12H2,1-3H3,(H,21,26)(H,23,28)(H2,22,24,25,30). The molecule has 0 aliphatic rings. The third-order valence-electron chi connectivity index (χ3n) is 3.59. The van der Waals surface area contributed by atoms with E-state index in [0.29, 0.717) is 30.7 Å². The van der Waals surface area contributed by atoms with E-state index in [-0.39, 0.29) is 29.8 Å². The molecule has 0 atom stereocenters. The third kappa shape index (κ3) is 10.5. The molecule has 0 heterocycles. The van der Waals surface area contributed by atoms with Crippen molar-refractivity contribution in [3.63, 3.8) is 0 Å². The number of benzene rings is 1. The van der Waals surface area contributed by atoms with Gasteiger partial charge in [-0.15, -0.1) is 0 Å². The molecule has 9 nitrogen and oxygen atoms in total. The average molecular weight is 437 g/mol. The maximum Gasteiger partial charge on any atom is 0.306 e. The lowest BCUT2D eigenvalue weighted by molar-refractivity contribution is -0.144. The zero-order chi connectivity index (χ0) is 22.5. The Morgan fingerprint density at radius 3 is 2.27 bits per heavy atom. The van der Waals surface area contributed by atoms with Crippen LogP contribution in [-0.4, -0.2) is 35.4 Å². The Kier molecular flexibility index (Phi) is 11.1. The van der Waals surface area contributed by atoms with Crippen molar-refractivity contribution in [2.75, 3.05) is 11.9 Å². The molecule has 0 unspecified atom stereocenters. The molecule has 0 fully saturated rings. The summed E-state index contributed by atoms with van der Waals surface area (Å²) in [4.78, 5) is 47.0. The van der Waals surface area contributed by atoms with E-state index in [2.05, 4.69) is 21.5 Å². The lowest BCUT2D eigenvalue weighted by Crippen LogP contribution is -2.48. The molecule has 0 bridgehead atoms. The first-order valence-electron chi connectivity index (χ1n) is 9.67. The molecule has 164 valence electrons. The van der Waals surface area contributed by atoms with Crippen LogP contribution in [0.4, 0.5) is 5.69 Å². The Balaban J connectivity index is 2.37. The van der Waals surface area contributed by atoms with Gasteiger partial charge in [0.25, 0.3) is 5.91 Å². The van der Waals surface area contributed by atoms with E-state index in [1.807, 2.05) is 20.8 Å². The zero-order valence-corrected chi connectivity index (χ0v) is 18.2. The van der Waals surface area contributed by atoms with Gasteiger partial charge in [0.05, 0.1) is 13.0 Å². The number of nitrogens with one attached hydrogen (secondary N) is 4. The van der Waals surface area contributed by atoms with Gasteiger partial charge in [0.2, 0.25) is 11.8 Å². The largest absolute Gasteiger partial charge is 0.466 e. The molecule has 0 aliphatic carbocycles. The van der Waals surface area contributed by atoms with Crippen LogP contribution < -0.4 is 21.5 Å². The molecule has 1 aromatic carbocycles. The van der Waals surface area contributed by atoms with Gasteiger partial charge < -0.3 is 15.4 Å². The van der Waals surface area contributed by atoms with Gasteiger partial charge in [-0.2, -0.15) is 0 Å². The third-order valence-corrected chi connectivity index (χ3v) is 3.79. The topological polar surface area (TPSA) is 126 Å². The normalized spacial score (nSPS) is 10.1. The molecule has 4 N–H and O–H groups in total. The number of amides is 3. The monoisotopic (exact) mass is 436 g/mol. The number of anilines is 1. The van der Waals surface area contributed by atoms with Crippen LogP contribution in [-0.2, 0) is 19.1 Å². The first-order valence-corrected chi connectivity index (χ1v) is 10.1. The second-order valence-corrected chi connectivity index (χ2v) is 7.31. The molecule has 0 radical (unpaired) electrons. The minimum Gasteiger partial charge on any atom is -0.466 e. The van der Waals surface area contributed by atoms with Gasteiger partial charge in [-0.25, -0.2) is 0 Å². The maximum atomic E-state index is 12.1. The van der Waals surface area contributed by atoms with Gasteiger partial charge in [0.1, 0.15) is 0 Å². The van der Waals surface area contributed by atoms with Crippen molar-refractivity contribution in [2.45, 2.75) is 46.5 Å². The van der Waals surface area contributed by atoms with E-state index in [1.165, 1.54) is 0 Å². The molecule has 30 heavy (non-hydrogen) atoms. The molecular weight excluding hydrogens is 408 g/mol. The Morgan fingerprint density at radius 1 is 1.00 bits per heavy atom. The number of thiocarbonyl (C=S) groups is 1. The molecular formula is C20H28N4O5S. The van der Waals surface area contributed by atoms with E-state index in [0.717, 1.165) is 0 Å². The molecule has 0 spiro atoms. The number of carbonyl (C=O) groups excluding carboxylic acids is 4. The van der Waals surface area contributed by atoms with Crippen molar-refractivity contribution in [1.82, 2.24) is 16.2 Å². The Bertz CT molecular complexity index is 765. The number of hydrogen-bond acceptors (Lipinski definition) is 6. The SMILES string of the molecule is CCCOC(=O)CCC(=O)NC(=S)NNC(=O)c1ccc(NC(=O)CC(C)C)cc1. The first-order chi connectivity index (χ1) is 14.2. The Morgan fingerprint density at radius 2 is 1.67 bits per heavy atom. The smallest absolute Gasteiger partial charge is 0.306 e. The molecule has 1 rings (SSSR count). The highest BCUT2D eigenvalue weighted by Gasteiger charge is 2.11. The molecule has 0 aliphatic heterocycles. The molecule has 0 saturated carbocycles. The Hall–Kier alpha value is -3.01. The van der Waals surface area contributed by atoms with Crippen LogP contribution in [0, 0.1) is 5.92 Å². The predicted octanol–water partition coefficient (Wildman–Crippen LogP) is 2.04. The summed E-state index contributed by atoms with van der Waals surface area (Å²) < 4.78 is 4.87. The number of hydrogen-bond donors (Lipinski definition) is 4. The Labute approximate surface area is 181 Å². The van der Waals surface area contributed by atoms with Gasteiger partial charge in [-0.05, 0) is 48.8 Å². The van der Waals surface area contributed by atoms with Gasteiger partial charge in [-0.3, -0.25) is 30.0 Å². The van der Waals surface area contributed by atoms with Crippen molar-refractivity contribution in [3.05, 3.63) is 29.8 Å². The number of rotatable bonds is 9. The number of esters is 1. The lowest BCUT2D eigenvalue weighted by atomic mass is 10.1. The van der Waals surface area contributed by atoms with E-state index in [9.17, 15) is 19.2 Å². The number of carbonyl (C=O) groups is 4. The van der Waals surface area contributed by atoms with Crippen LogP contribution in [0.25, 0.3) is 0 Å². The molecule has 1 aromatic rings. The van der Waals surface area contributed by atoms with Crippen molar-refractivity contribution in [2.24, 2.45) is 5.92 Å². The fourth-order valence-electron chi connectivity index (χ4n) is 2.20. The van der Waals surface area contributed by atoms with Gasteiger partial charge in [0.15, 0.2) is 5.11 Å². The highest BCUT2D eigenvalue weighted by Crippen LogP contribution is 2.11. The highest BCUT2D eigenvalue weighted by atomic mass is 32.1. The maximum absolute atomic E-state index is 12.1. The van der Waals surface area contributed by atoms with Crippen LogP contribution in [0.3, 0.4) is 0 Å². The number of hydrazine groups is 1. The van der Waals surface area contributed by atoms with E-state index >= 15 is 0 Å². The van der Waals surface area contributed by atoms with Crippen LogP contribution in [0.2, 0.25) is 0 Å². The van der Waals surface area contributed by atoms with Crippen LogP contribution in [0.15, 0.2) is 24.3 Å². The second kappa shape index (κ2) is 13.3. The summed E-state index contributed by atoms with van der Waals surface area (Å²) in [5.74, 6) is -1.25. The zero-order valence-electron chi connectivity index (χ0n) is 17.4. The summed E-state index contributed by atoms with van der Waals surface area (Å²) >= 11 is 4.93. The van der Waals surface area contributed by atoms with Crippen molar-refractivity contribution < 1.29 is 23.9 Å². The van der Waals surface area contributed by atoms with Crippen LogP contribution >= 0.6 is 12.2 Å². The molecule has 10 heteroatoms. The van der Waals surface area contributed by atoms with Crippen LogP contribution in [0.5, 0.6) is 0 Å². The number of ether oxygens (including phenoxy) is 1. The second-order valence-electron chi connectivity index (χ2n) is 6.90. The molecule has 3 amide bonds. The summed E-state index contributed by atoms with van der Waals surface area (Å²) in [6, 6.07) is 6.33. The minimum atomic E-state index is -0.477. The summed E-state index contributed by atoms with van der Waals surface area (Å²) in [5.41, 5.74) is 5.69. The van der Waals surface area contributed by atoms with Crippen molar-refractivity contribution >= 4 is 46.7 Å². The van der Waals surface area contributed by atoms with Gasteiger partial charge in [-0.1, -0.05) is 20.8 Å². The summed E-state index contributed by atoms with van der Waals surface area (Å²) in [6.45, 7) is 6.10. The van der Waals surface area contributed by atoms with E-state index in [1.54, 1.807) is 24.3 Å². The minimum absolute atomic E-state index is 0.0547. The highest BCUT2D eigenvalue weighted by molar-refractivity contribution is 7.80. The molecule has 0 saturated heterocycles. The fraction of sp³-hybridized carbons (Fsp3) is 0.450. The summed E-state index contributed by atoms with van der Waals surface area (Å²) in [7, 11) is 0. The van der Waals surface area contributed by atoms with Gasteiger partial charge in [0, 0.05) is 24.1 Å². The predicted molar refractivity (Wildman–Crippen MR) is 116 cm³/mol. The first kappa shape index (κ1) is 25.0. The average Bonchev–Trinajstić information content (AvgIpc) is 2.68. The molecule has 0 aromatic heterocycles. The van der Waals surface area contributed by atoms with Gasteiger partial charge >= 0.3 is 5.97 Å². The lowest BCUT2D eigenvalue weighted by Gasteiger charge is -2.11. The van der Waals surface area contributed by atoms with Crippen molar-refractivity contribution in [3.8, 4) is 0 Å². The van der Waals surface area contributed by atoms with E-state index < -0.39 is 17.8 Å². The van der Waals surface area contributed by atoms with E-state index in [4.69, 9.17) is 17.0 Å². The quantitative estimate of drug-likeness (QED) is 0.265. The van der Waals surface area contributed by atoms with Crippen LogP contribution in [0.1, 0.15) is 56.8 Å². The summed E-state index contributed by atoms with van der Waals surface area (Å²) in [6.07, 6.45) is 0.986. The fourth-order valence-corrected chi connectivity index (χ4v) is 2.36. The summed E-state index contributed by atoms with van der Waals surface area (Å²) in [5, 5.41) is 5.01. The van der Waals surface area contributed by atoms with Crippen molar-refractivity contribution in [1.29, 1.82) is 0 Å².